The molecule has 1 aliphatic heterocycles. The van der Waals surface area contributed by atoms with E-state index in [1.54, 1.807) is 6.20 Å². The quantitative estimate of drug-likeness (QED) is 0.767. The number of rotatable bonds is 2. The molecule has 0 saturated heterocycles. The van der Waals surface area contributed by atoms with E-state index in [2.05, 4.69) is 15.2 Å². The van der Waals surface area contributed by atoms with Crippen LogP contribution in [-0.2, 0) is 0 Å². The fraction of sp³-hybridized carbons (Fsp3) is 0.353. The minimum Gasteiger partial charge on any atom is -0.369 e. The summed E-state index contributed by atoms with van der Waals surface area (Å²) in [6.07, 6.45) is 6.79. The van der Waals surface area contributed by atoms with Gasteiger partial charge in [0.1, 0.15) is 5.66 Å². The van der Waals surface area contributed by atoms with Crippen molar-refractivity contribution >= 4 is 29.2 Å². The van der Waals surface area contributed by atoms with Gasteiger partial charge in [-0.05, 0) is 49.9 Å². The maximum atomic E-state index is 6.33. The SMILES string of the molecule is NC1=NC2(CCCCC2)N(c2cc(Cl)ccc2-c2ccn[nH]2)C(N)=N1. The van der Waals surface area contributed by atoms with Gasteiger partial charge < -0.3 is 11.5 Å². The molecule has 25 heavy (non-hydrogen) atoms. The summed E-state index contributed by atoms with van der Waals surface area (Å²) in [6, 6.07) is 7.61. The van der Waals surface area contributed by atoms with Gasteiger partial charge in [-0.15, -0.1) is 0 Å². The molecule has 1 aromatic carbocycles. The van der Waals surface area contributed by atoms with E-state index in [-0.39, 0.29) is 5.96 Å². The van der Waals surface area contributed by atoms with Crippen LogP contribution in [0.5, 0.6) is 0 Å². The average molecular weight is 358 g/mol. The number of halogens is 1. The largest absolute Gasteiger partial charge is 0.369 e. The van der Waals surface area contributed by atoms with Crippen molar-refractivity contribution in [1.29, 1.82) is 0 Å². The number of benzene rings is 1. The molecule has 2 aliphatic rings. The lowest BCUT2D eigenvalue weighted by Gasteiger charge is -2.46. The predicted molar refractivity (Wildman–Crippen MR) is 101 cm³/mol. The number of guanidine groups is 2. The van der Waals surface area contributed by atoms with E-state index < -0.39 is 5.66 Å². The molecule has 0 amide bonds. The number of nitrogens with zero attached hydrogens (tertiary/aromatic N) is 4. The lowest BCUT2D eigenvalue weighted by atomic mass is 9.86. The molecule has 1 aliphatic carbocycles. The highest BCUT2D eigenvalue weighted by Crippen LogP contribution is 2.43. The molecule has 0 atom stereocenters. The molecular formula is C17H20ClN7. The Morgan fingerprint density at radius 2 is 1.92 bits per heavy atom. The molecule has 8 heteroatoms. The Labute approximate surface area is 150 Å². The number of hydrogen-bond acceptors (Lipinski definition) is 6. The zero-order valence-corrected chi connectivity index (χ0v) is 14.5. The Balaban J connectivity index is 1.90. The van der Waals surface area contributed by atoms with Crippen molar-refractivity contribution < 1.29 is 0 Å². The monoisotopic (exact) mass is 357 g/mol. The summed E-state index contributed by atoms with van der Waals surface area (Å²) in [6.45, 7) is 0. The van der Waals surface area contributed by atoms with Gasteiger partial charge in [-0.1, -0.05) is 18.0 Å². The second-order valence-electron chi connectivity index (χ2n) is 6.45. The Hall–Kier alpha value is -2.54. The number of nitrogens with two attached hydrogens (primary N) is 2. The number of anilines is 1. The van der Waals surface area contributed by atoms with Crippen molar-refractivity contribution in [2.45, 2.75) is 37.8 Å². The Morgan fingerprint density at radius 1 is 1.12 bits per heavy atom. The van der Waals surface area contributed by atoms with Crippen molar-refractivity contribution in [1.82, 2.24) is 10.2 Å². The van der Waals surface area contributed by atoms with E-state index in [0.717, 1.165) is 42.6 Å². The Kier molecular flexibility index (Phi) is 3.88. The van der Waals surface area contributed by atoms with E-state index in [1.807, 2.05) is 29.2 Å². The minimum absolute atomic E-state index is 0.237. The van der Waals surface area contributed by atoms with Crippen molar-refractivity contribution in [3.05, 3.63) is 35.5 Å². The summed E-state index contributed by atoms with van der Waals surface area (Å²) in [5, 5.41) is 7.69. The van der Waals surface area contributed by atoms with Crippen LogP contribution in [0.25, 0.3) is 11.3 Å². The highest BCUT2D eigenvalue weighted by Gasteiger charge is 2.43. The lowest BCUT2D eigenvalue weighted by molar-refractivity contribution is 0.305. The van der Waals surface area contributed by atoms with E-state index >= 15 is 0 Å². The molecule has 5 N–H and O–H groups in total. The second kappa shape index (κ2) is 6.07. The molecule has 0 bridgehead atoms. The number of aromatic nitrogens is 2. The van der Waals surface area contributed by atoms with Crippen LogP contribution in [0.3, 0.4) is 0 Å². The number of aliphatic imine (C=N–C) groups is 2. The molecule has 1 aromatic heterocycles. The molecule has 2 aromatic rings. The van der Waals surface area contributed by atoms with Gasteiger partial charge >= 0.3 is 0 Å². The van der Waals surface area contributed by atoms with Crippen LogP contribution in [0.15, 0.2) is 40.4 Å². The zero-order valence-electron chi connectivity index (χ0n) is 13.7. The van der Waals surface area contributed by atoms with Crippen LogP contribution in [0.4, 0.5) is 5.69 Å². The van der Waals surface area contributed by atoms with Crippen LogP contribution in [0, 0.1) is 0 Å². The van der Waals surface area contributed by atoms with E-state index in [4.69, 9.17) is 28.1 Å². The molecule has 130 valence electrons. The van der Waals surface area contributed by atoms with Gasteiger partial charge in [-0.3, -0.25) is 10.00 Å². The standard InChI is InChI=1S/C17H20ClN7/c18-11-4-5-12(13-6-9-21-24-13)14(10-11)25-16(20)22-15(19)23-17(25)7-2-1-3-8-17/h4-6,9-10H,1-3,7-8H2,(H,21,24)(H4,19,20,22,23). The molecule has 1 spiro atoms. The first-order chi connectivity index (χ1) is 12.1. The first-order valence-corrected chi connectivity index (χ1v) is 8.76. The average Bonchev–Trinajstić information content (AvgIpc) is 3.09. The third-order valence-corrected chi connectivity index (χ3v) is 5.08. The van der Waals surface area contributed by atoms with E-state index in [0.29, 0.717) is 11.0 Å². The number of hydrogen-bond donors (Lipinski definition) is 3. The van der Waals surface area contributed by atoms with Crippen molar-refractivity contribution in [2.75, 3.05) is 4.90 Å². The van der Waals surface area contributed by atoms with Gasteiger partial charge in [-0.25, -0.2) is 4.99 Å². The molecule has 4 rings (SSSR count). The Morgan fingerprint density at radius 3 is 2.64 bits per heavy atom. The topological polar surface area (TPSA) is 109 Å². The van der Waals surface area contributed by atoms with Gasteiger partial charge in [-0.2, -0.15) is 10.1 Å². The van der Waals surface area contributed by atoms with Gasteiger partial charge in [0.15, 0.2) is 0 Å². The summed E-state index contributed by atoms with van der Waals surface area (Å²) in [5.74, 6) is 0.582. The summed E-state index contributed by atoms with van der Waals surface area (Å²) in [7, 11) is 0. The van der Waals surface area contributed by atoms with Gasteiger partial charge in [0.25, 0.3) is 0 Å². The summed E-state index contributed by atoms with van der Waals surface area (Å²) in [5.41, 5.74) is 14.5. The maximum absolute atomic E-state index is 6.33. The summed E-state index contributed by atoms with van der Waals surface area (Å²) >= 11 is 6.31. The summed E-state index contributed by atoms with van der Waals surface area (Å²) < 4.78 is 0. The van der Waals surface area contributed by atoms with Crippen LogP contribution >= 0.6 is 11.6 Å². The van der Waals surface area contributed by atoms with Gasteiger partial charge in [0, 0.05) is 16.8 Å². The normalized spacial score (nSPS) is 19.6. The van der Waals surface area contributed by atoms with Crippen molar-refractivity contribution in [2.24, 2.45) is 21.5 Å². The third kappa shape index (κ3) is 2.74. The number of H-pyrrole nitrogens is 1. The highest BCUT2D eigenvalue weighted by atomic mass is 35.5. The fourth-order valence-electron chi connectivity index (χ4n) is 3.79. The second-order valence-corrected chi connectivity index (χ2v) is 6.89. The minimum atomic E-state index is -0.506. The zero-order chi connectivity index (χ0) is 17.4. The van der Waals surface area contributed by atoms with Crippen LogP contribution in [0.1, 0.15) is 32.1 Å². The lowest BCUT2D eigenvalue weighted by Crippen LogP contribution is -2.58. The molecule has 1 fully saturated rings. The molecule has 1 saturated carbocycles. The van der Waals surface area contributed by atoms with Crippen LogP contribution < -0.4 is 16.4 Å². The molecular weight excluding hydrogens is 338 g/mol. The van der Waals surface area contributed by atoms with Crippen molar-refractivity contribution in [3.8, 4) is 11.3 Å². The fourth-order valence-corrected chi connectivity index (χ4v) is 3.96. The third-order valence-electron chi connectivity index (χ3n) is 4.84. The summed E-state index contributed by atoms with van der Waals surface area (Å²) in [4.78, 5) is 10.9. The van der Waals surface area contributed by atoms with E-state index in [9.17, 15) is 0 Å². The first kappa shape index (κ1) is 16.0. The van der Waals surface area contributed by atoms with Gasteiger partial charge in [0.2, 0.25) is 11.9 Å². The first-order valence-electron chi connectivity index (χ1n) is 8.38. The predicted octanol–water partition coefficient (Wildman–Crippen LogP) is 2.84. The van der Waals surface area contributed by atoms with E-state index in [1.165, 1.54) is 6.42 Å². The van der Waals surface area contributed by atoms with Gasteiger partial charge in [0.05, 0.1) is 11.4 Å². The Bertz CT molecular complexity index is 835. The molecule has 7 nitrogen and oxygen atoms in total. The molecule has 2 heterocycles. The molecule has 0 radical (unpaired) electrons. The molecule has 0 unspecified atom stereocenters. The maximum Gasteiger partial charge on any atom is 0.220 e. The highest BCUT2D eigenvalue weighted by molar-refractivity contribution is 6.31. The number of aromatic amines is 1. The van der Waals surface area contributed by atoms with Crippen LogP contribution in [-0.4, -0.2) is 27.8 Å². The van der Waals surface area contributed by atoms with Crippen molar-refractivity contribution in [3.63, 3.8) is 0 Å². The smallest absolute Gasteiger partial charge is 0.220 e. The van der Waals surface area contributed by atoms with Crippen LogP contribution in [0.2, 0.25) is 5.02 Å². The number of nitrogens with one attached hydrogen (secondary N) is 1.